The lowest BCUT2D eigenvalue weighted by atomic mass is 10.0. The van der Waals surface area contributed by atoms with Crippen LogP contribution in [-0.2, 0) is 13.0 Å². The summed E-state index contributed by atoms with van der Waals surface area (Å²) in [7, 11) is 0. The van der Waals surface area contributed by atoms with Crippen LogP contribution in [0.15, 0.2) is 47.7 Å². The van der Waals surface area contributed by atoms with Gasteiger partial charge in [-0.1, -0.05) is 6.07 Å². The first kappa shape index (κ1) is 14.5. The number of hydrogen-bond donors (Lipinski definition) is 0. The number of rotatable bonds is 2. The standard InChI is InChI=1S/C19H18N4O2/c24-18-9-13-6-8-21(11-14(13)12-22(18)15-4-5-15)19(25)16-10-20-23-7-2-1-3-17(16)23/h1-3,7,9-10,12,15H,4-6,8,11H2. The first-order chi connectivity index (χ1) is 12.2. The van der Waals surface area contributed by atoms with Gasteiger partial charge in [0, 0.05) is 37.6 Å². The summed E-state index contributed by atoms with van der Waals surface area (Å²) in [5.41, 5.74) is 3.69. The van der Waals surface area contributed by atoms with E-state index in [0.29, 0.717) is 24.7 Å². The van der Waals surface area contributed by atoms with Crippen molar-refractivity contribution in [3.63, 3.8) is 0 Å². The minimum Gasteiger partial charge on any atom is -0.334 e. The molecule has 0 N–H and O–H groups in total. The van der Waals surface area contributed by atoms with E-state index in [4.69, 9.17) is 0 Å². The lowest BCUT2D eigenvalue weighted by molar-refractivity contribution is 0.0736. The Morgan fingerprint density at radius 2 is 2.08 bits per heavy atom. The van der Waals surface area contributed by atoms with Crippen molar-refractivity contribution in [2.75, 3.05) is 6.54 Å². The normalized spacial score (nSPS) is 16.9. The fourth-order valence-electron chi connectivity index (χ4n) is 3.63. The average molecular weight is 334 g/mol. The molecule has 1 fully saturated rings. The molecule has 1 saturated carbocycles. The fourth-order valence-corrected chi connectivity index (χ4v) is 3.63. The summed E-state index contributed by atoms with van der Waals surface area (Å²) in [5.74, 6) is -0.00368. The maximum atomic E-state index is 13.0. The lowest BCUT2D eigenvalue weighted by Gasteiger charge is -2.29. The maximum absolute atomic E-state index is 13.0. The molecular formula is C19H18N4O2. The van der Waals surface area contributed by atoms with Gasteiger partial charge in [-0.3, -0.25) is 9.59 Å². The largest absolute Gasteiger partial charge is 0.334 e. The molecule has 0 spiro atoms. The topological polar surface area (TPSA) is 59.6 Å². The highest BCUT2D eigenvalue weighted by Crippen LogP contribution is 2.34. The van der Waals surface area contributed by atoms with Gasteiger partial charge in [-0.05, 0) is 42.5 Å². The summed E-state index contributed by atoms with van der Waals surface area (Å²) >= 11 is 0. The minimum atomic E-state index is -0.00368. The van der Waals surface area contributed by atoms with Crippen LogP contribution >= 0.6 is 0 Å². The lowest BCUT2D eigenvalue weighted by Crippen LogP contribution is -2.37. The molecule has 0 radical (unpaired) electrons. The van der Waals surface area contributed by atoms with E-state index < -0.39 is 0 Å². The molecule has 1 aliphatic carbocycles. The Labute approximate surface area is 144 Å². The quantitative estimate of drug-likeness (QED) is 0.720. The molecular weight excluding hydrogens is 316 g/mol. The van der Waals surface area contributed by atoms with Crippen LogP contribution in [0.4, 0.5) is 0 Å². The van der Waals surface area contributed by atoms with Gasteiger partial charge in [0.15, 0.2) is 0 Å². The van der Waals surface area contributed by atoms with Crippen molar-refractivity contribution in [2.45, 2.75) is 31.8 Å². The van der Waals surface area contributed by atoms with E-state index in [9.17, 15) is 9.59 Å². The van der Waals surface area contributed by atoms with Crippen LogP contribution < -0.4 is 5.56 Å². The smallest absolute Gasteiger partial charge is 0.258 e. The number of carbonyl (C=O) groups is 1. The van der Waals surface area contributed by atoms with Crippen molar-refractivity contribution >= 4 is 11.4 Å². The Morgan fingerprint density at radius 1 is 1.20 bits per heavy atom. The number of pyridine rings is 2. The zero-order chi connectivity index (χ0) is 17.0. The predicted molar refractivity (Wildman–Crippen MR) is 92.6 cm³/mol. The van der Waals surface area contributed by atoms with Crippen molar-refractivity contribution in [3.8, 4) is 0 Å². The van der Waals surface area contributed by atoms with Crippen LogP contribution in [0.3, 0.4) is 0 Å². The van der Waals surface area contributed by atoms with Crippen LogP contribution in [0.25, 0.3) is 5.52 Å². The summed E-state index contributed by atoms with van der Waals surface area (Å²) < 4.78 is 3.55. The Morgan fingerprint density at radius 3 is 2.92 bits per heavy atom. The summed E-state index contributed by atoms with van der Waals surface area (Å²) in [6, 6.07) is 7.81. The molecule has 6 nitrogen and oxygen atoms in total. The van der Waals surface area contributed by atoms with E-state index >= 15 is 0 Å². The van der Waals surface area contributed by atoms with Crippen LogP contribution in [0.5, 0.6) is 0 Å². The third-order valence-electron chi connectivity index (χ3n) is 5.16. The summed E-state index contributed by atoms with van der Waals surface area (Å²) in [4.78, 5) is 27.0. The first-order valence-electron chi connectivity index (χ1n) is 8.66. The fraction of sp³-hybridized carbons (Fsp3) is 0.316. The number of carbonyl (C=O) groups excluding carboxylic acids is 1. The Balaban J connectivity index is 1.47. The maximum Gasteiger partial charge on any atom is 0.258 e. The second kappa shape index (κ2) is 5.31. The number of nitrogens with zero attached hydrogens (tertiary/aromatic N) is 4. The van der Waals surface area contributed by atoms with E-state index in [1.165, 1.54) is 0 Å². The highest BCUT2D eigenvalue weighted by molar-refractivity contribution is 6.00. The van der Waals surface area contributed by atoms with E-state index in [1.807, 2.05) is 40.1 Å². The van der Waals surface area contributed by atoms with E-state index in [0.717, 1.165) is 35.9 Å². The summed E-state index contributed by atoms with van der Waals surface area (Å²) in [6.07, 6.45) is 8.31. The first-order valence-corrected chi connectivity index (χ1v) is 8.66. The molecule has 0 unspecified atom stereocenters. The van der Waals surface area contributed by atoms with Crippen LogP contribution in [0.2, 0.25) is 0 Å². The molecule has 6 heteroatoms. The molecule has 2 aliphatic rings. The molecule has 0 bridgehead atoms. The molecule has 1 aliphatic heterocycles. The summed E-state index contributed by atoms with van der Waals surface area (Å²) in [5, 5.41) is 4.26. The Bertz CT molecular complexity index is 1050. The molecule has 0 aromatic carbocycles. The summed E-state index contributed by atoms with van der Waals surface area (Å²) in [6.45, 7) is 1.17. The second-order valence-corrected chi connectivity index (χ2v) is 6.87. The molecule has 126 valence electrons. The SMILES string of the molecule is O=C(c1cnn2ccccc12)N1CCc2cc(=O)n(C3CC3)cc2C1. The minimum absolute atomic E-state index is 0.00368. The predicted octanol–water partition coefficient (Wildman–Crippen LogP) is 2.03. The highest BCUT2D eigenvalue weighted by Gasteiger charge is 2.28. The third kappa shape index (κ3) is 2.36. The molecule has 3 aromatic rings. The van der Waals surface area contributed by atoms with Gasteiger partial charge in [-0.2, -0.15) is 5.10 Å². The van der Waals surface area contributed by atoms with Gasteiger partial charge in [0.05, 0.1) is 17.3 Å². The van der Waals surface area contributed by atoms with Gasteiger partial charge in [-0.15, -0.1) is 0 Å². The zero-order valence-corrected chi connectivity index (χ0v) is 13.8. The van der Waals surface area contributed by atoms with Crippen molar-refractivity contribution in [2.24, 2.45) is 0 Å². The van der Waals surface area contributed by atoms with Gasteiger partial charge < -0.3 is 9.47 Å². The Kier molecular flexibility index (Phi) is 3.07. The monoisotopic (exact) mass is 334 g/mol. The van der Waals surface area contributed by atoms with E-state index in [1.54, 1.807) is 16.8 Å². The molecule has 4 heterocycles. The van der Waals surface area contributed by atoms with Crippen LogP contribution in [0.1, 0.15) is 40.4 Å². The van der Waals surface area contributed by atoms with Crippen LogP contribution in [-0.4, -0.2) is 31.5 Å². The van der Waals surface area contributed by atoms with Gasteiger partial charge >= 0.3 is 0 Å². The second-order valence-electron chi connectivity index (χ2n) is 6.87. The van der Waals surface area contributed by atoms with Crippen molar-refractivity contribution in [1.29, 1.82) is 0 Å². The highest BCUT2D eigenvalue weighted by atomic mass is 16.2. The molecule has 3 aromatic heterocycles. The number of amides is 1. The van der Waals surface area contributed by atoms with Gasteiger partial charge in [0.1, 0.15) is 0 Å². The molecule has 0 saturated heterocycles. The van der Waals surface area contributed by atoms with Gasteiger partial charge in [0.2, 0.25) is 0 Å². The van der Waals surface area contributed by atoms with Gasteiger partial charge in [-0.25, -0.2) is 4.52 Å². The van der Waals surface area contributed by atoms with Crippen molar-refractivity contribution < 1.29 is 4.79 Å². The Hall–Kier alpha value is -2.89. The van der Waals surface area contributed by atoms with Crippen molar-refractivity contribution in [1.82, 2.24) is 19.1 Å². The average Bonchev–Trinajstić information content (AvgIpc) is 3.39. The molecule has 5 rings (SSSR count). The molecule has 1 amide bonds. The third-order valence-corrected chi connectivity index (χ3v) is 5.16. The number of hydrogen-bond acceptors (Lipinski definition) is 3. The number of fused-ring (bicyclic) bond motifs is 2. The molecule has 0 atom stereocenters. The van der Waals surface area contributed by atoms with Crippen LogP contribution in [0, 0.1) is 0 Å². The number of aromatic nitrogens is 3. The van der Waals surface area contributed by atoms with Crippen molar-refractivity contribution in [3.05, 3.63) is 69.9 Å². The molecule has 25 heavy (non-hydrogen) atoms. The van der Waals surface area contributed by atoms with E-state index in [2.05, 4.69) is 5.10 Å². The van der Waals surface area contributed by atoms with Gasteiger partial charge in [0.25, 0.3) is 11.5 Å². The van der Waals surface area contributed by atoms with E-state index in [-0.39, 0.29) is 11.5 Å². The zero-order valence-electron chi connectivity index (χ0n) is 13.8.